The average Bonchev–Trinajstić information content (AvgIpc) is 2.61. The Balaban J connectivity index is 1.80. The lowest BCUT2D eigenvalue weighted by Gasteiger charge is -2.09. The largest absolute Gasteiger partial charge is 0.340 e. The van der Waals surface area contributed by atoms with Gasteiger partial charge in [-0.25, -0.2) is 18.7 Å². The minimum atomic E-state index is -0.875. The maximum Gasteiger partial charge on any atom is 0.274 e. The summed E-state index contributed by atoms with van der Waals surface area (Å²) in [6.07, 6.45) is 1.17. The normalized spacial score (nSPS) is 10.5. The van der Waals surface area contributed by atoms with Crippen LogP contribution in [0.2, 0.25) is 5.02 Å². The monoisotopic (exact) mass is 374 g/mol. The van der Waals surface area contributed by atoms with Gasteiger partial charge in [0, 0.05) is 16.8 Å². The zero-order valence-electron chi connectivity index (χ0n) is 13.6. The van der Waals surface area contributed by atoms with E-state index in [1.54, 1.807) is 12.1 Å². The van der Waals surface area contributed by atoms with Crippen molar-refractivity contribution in [1.29, 1.82) is 0 Å². The Bertz CT molecular complexity index is 961. The highest BCUT2D eigenvalue weighted by Gasteiger charge is 2.15. The van der Waals surface area contributed by atoms with E-state index in [1.807, 2.05) is 13.0 Å². The number of amides is 1. The molecule has 0 bridgehead atoms. The molecule has 0 aliphatic heterocycles. The molecule has 1 heterocycles. The van der Waals surface area contributed by atoms with Gasteiger partial charge in [-0.2, -0.15) is 0 Å². The summed E-state index contributed by atoms with van der Waals surface area (Å²) >= 11 is 6.07. The van der Waals surface area contributed by atoms with E-state index in [0.29, 0.717) is 16.5 Å². The fraction of sp³-hybridized carbons (Fsp3) is 0.0556. The van der Waals surface area contributed by atoms with Crippen LogP contribution in [-0.4, -0.2) is 15.9 Å². The number of halogens is 3. The van der Waals surface area contributed by atoms with Crippen LogP contribution in [0.1, 0.15) is 16.1 Å². The van der Waals surface area contributed by atoms with Crippen LogP contribution in [0.3, 0.4) is 0 Å². The smallest absolute Gasteiger partial charge is 0.274 e. The third-order valence-corrected chi connectivity index (χ3v) is 3.95. The highest BCUT2D eigenvalue weighted by Crippen LogP contribution is 2.23. The van der Waals surface area contributed by atoms with Gasteiger partial charge in [0.2, 0.25) is 0 Å². The van der Waals surface area contributed by atoms with Gasteiger partial charge in [-0.1, -0.05) is 23.7 Å². The van der Waals surface area contributed by atoms with Crippen molar-refractivity contribution in [3.63, 3.8) is 0 Å². The molecule has 26 heavy (non-hydrogen) atoms. The van der Waals surface area contributed by atoms with Crippen LogP contribution in [-0.2, 0) is 0 Å². The summed E-state index contributed by atoms with van der Waals surface area (Å²) < 4.78 is 27.3. The Labute approximate surface area is 153 Å². The Morgan fingerprint density at radius 2 is 1.81 bits per heavy atom. The minimum Gasteiger partial charge on any atom is -0.340 e. The topological polar surface area (TPSA) is 66.9 Å². The molecule has 132 valence electrons. The second kappa shape index (κ2) is 7.45. The van der Waals surface area contributed by atoms with Crippen molar-refractivity contribution in [3.05, 3.63) is 76.7 Å². The van der Waals surface area contributed by atoms with Crippen molar-refractivity contribution in [1.82, 2.24) is 9.97 Å². The second-order valence-electron chi connectivity index (χ2n) is 5.43. The lowest BCUT2D eigenvalue weighted by Crippen LogP contribution is -2.16. The number of carbonyl (C=O) groups excluding carboxylic acids is 1. The molecule has 0 unspecified atom stereocenters. The molecule has 3 rings (SSSR count). The van der Waals surface area contributed by atoms with Crippen molar-refractivity contribution in [3.8, 4) is 0 Å². The number of hydrogen-bond donors (Lipinski definition) is 2. The molecule has 0 atom stereocenters. The molecule has 0 fully saturated rings. The summed E-state index contributed by atoms with van der Waals surface area (Å²) in [5.41, 5.74) is 1.01. The van der Waals surface area contributed by atoms with Gasteiger partial charge >= 0.3 is 0 Å². The van der Waals surface area contributed by atoms with Crippen molar-refractivity contribution >= 4 is 34.7 Å². The Hall–Kier alpha value is -3.06. The lowest BCUT2D eigenvalue weighted by molar-refractivity contribution is 0.102. The molecule has 3 aromatic rings. The van der Waals surface area contributed by atoms with Crippen molar-refractivity contribution < 1.29 is 13.6 Å². The fourth-order valence-corrected chi connectivity index (χ4v) is 2.34. The predicted molar refractivity (Wildman–Crippen MR) is 95.8 cm³/mol. The Morgan fingerprint density at radius 3 is 2.50 bits per heavy atom. The van der Waals surface area contributed by atoms with E-state index in [0.717, 1.165) is 17.7 Å². The van der Waals surface area contributed by atoms with Gasteiger partial charge in [0.15, 0.2) is 0 Å². The van der Waals surface area contributed by atoms with Gasteiger partial charge in [0.05, 0.1) is 0 Å². The van der Waals surface area contributed by atoms with Gasteiger partial charge in [-0.05, 0) is 36.8 Å². The number of rotatable bonds is 4. The SMILES string of the molecule is Cc1ccc(Nc2cc(C(=O)Nc3c(F)cccc3F)ncn2)cc1Cl. The van der Waals surface area contributed by atoms with Gasteiger partial charge in [0.25, 0.3) is 5.91 Å². The first-order chi connectivity index (χ1) is 12.4. The van der Waals surface area contributed by atoms with Crippen molar-refractivity contribution in [2.45, 2.75) is 6.92 Å². The molecular formula is C18H13ClF2N4O. The summed E-state index contributed by atoms with van der Waals surface area (Å²) in [7, 11) is 0. The average molecular weight is 375 g/mol. The maximum atomic E-state index is 13.7. The van der Waals surface area contributed by atoms with Crippen LogP contribution in [0.15, 0.2) is 48.8 Å². The summed E-state index contributed by atoms with van der Waals surface area (Å²) in [5, 5.41) is 5.75. The molecule has 2 N–H and O–H groups in total. The van der Waals surface area contributed by atoms with Crippen LogP contribution in [0.25, 0.3) is 0 Å². The predicted octanol–water partition coefficient (Wildman–Crippen LogP) is 4.71. The number of benzene rings is 2. The van der Waals surface area contributed by atoms with E-state index in [2.05, 4.69) is 20.6 Å². The van der Waals surface area contributed by atoms with Gasteiger partial charge in [0.1, 0.15) is 35.2 Å². The molecule has 0 saturated heterocycles. The standard InChI is InChI=1S/C18H13ClF2N4O/c1-10-5-6-11(7-12(10)19)24-16-8-15(22-9-23-16)18(26)25-17-13(20)3-2-4-14(17)21/h2-9H,1H3,(H,25,26)(H,22,23,24). The number of aromatic nitrogens is 2. The third-order valence-electron chi connectivity index (χ3n) is 3.55. The minimum absolute atomic E-state index is 0.0524. The summed E-state index contributed by atoms with van der Waals surface area (Å²) in [5.74, 6) is -2.18. The third kappa shape index (κ3) is 3.94. The Morgan fingerprint density at radius 1 is 1.08 bits per heavy atom. The molecule has 0 aliphatic carbocycles. The van der Waals surface area contributed by atoms with Crippen molar-refractivity contribution in [2.75, 3.05) is 10.6 Å². The maximum absolute atomic E-state index is 13.7. The van der Waals surface area contributed by atoms with E-state index in [1.165, 1.54) is 18.5 Å². The molecule has 0 spiro atoms. The lowest BCUT2D eigenvalue weighted by atomic mass is 10.2. The second-order valence-corrected chi connectivity index (χ2v) is 5.84. The number of hydrogen-bond acceptors (Lipinski definition) is 4. The summed E-state index contributed by atoms with van der Waals surface area (Å²) in [6, 6.07) is 10.0. The van der Waals surface area contributed by atoms with Crippen LogP contribution in [0.4, 0.5) is 26.0 Å². The van der Waals surface area contributed by atoms with E-state index >= 15 is 0 Å². The summed E-state index contributed by atoms with van der Waals surface area (Å²) in [4.78, 5) is 20.1. The summed E-state index contributed by atoms with van der Waals surface area (Å²) in [6.45, 7) is 1.88. The molecule has 1 aromatic heterocycles. The first-order valence-electron chi connectivity index (χ1n) is 7.54. The quantitative estimate of drug-likeness (QED) is 0.694. The van der Waals surface area contributed by atoms with E-state index in [4.69, 9.17) is 11.6 Å². The van der Waals surface area contributed by atoms with E-state index in [9.17, 15) is 13.6 Å². The van der Waals surface area contributed by atoms with Gasteiger partial charge < -0.3 is 10.6 Å². The molecule has 1 amide bonds. The van der Waals surface area contributed by atoms with E-state index in [-0.39, 0.29) is 5.69 Å². The van der Waals surface area contributed by atoms with Crippen LogP contribution in [0.5, 0.6) is 0 Å². The van der Waals surface area contributed by atoms with Gasteiger partial charge in [-0.15, -0.1) is 0 Å². The first-order valence-corrected chi connectivity index (χ1v) is 7.92. The van der Waals surface area contributed by atoms with Crippen molar-refractivity contribution in [2.24, 2.45) is 0 Å². The fourth-order valence-electron chi connectivity index (χ4n) is 2.16. The number of carbonyl (C=O) groups is 1. The molecular weight excluding hydrogens is 362 g/mol. The molecule has 8 heteroatoms. The molecule has 0 aliphatic rings. The van der Waals surface area contributed by atoms with E-state index < -0.39 is 23.2 Å². The Kier molecular flexibility index (Phi) is 5.09. The first kappa shape index (κ1) is 17.8. The molecule has 2 aromatic carbocycles. The van der Waals surface area contributed by atoms with Crippen LogP contribution >= 0.6 is 11.6 Å². The number of anilines is 3. The highest BCUT2D eigenvalue weighted by molar-refractivity contribution is 6.31. The number of nitrogens with zero attached hydrogens (tertiary/aromatic N) is 2. The number of aryl methyl sites for hydroxylation is 1. The van der Waals surface area contributed by atoms with Gasteiger partial charge in [-0.3, -0.25) is 4.79 Å². The number of nitrogens with one attached hydrogen (secondary N) is 2. The van der Waals surface area contributed by atoms with Crippen LogP contribution in [0, 0.1) is 18.6 Å². The van der Waals surface area contributed by atoms with Crippen LogP contribution < -0.4 is 10.6 Å². The zero-order chi connectivity index (χ0) is 18.7. The molecule has 0 radical (unpaired) electrons. The zero-order valence-corrected chi connectivity index (χ0v) is 14.3. The number of para-hydroxylation sites is 1. The molecule has 0 saturated carbocycles. The highest BCUT2D eigenvalue weighted by atomic mass is 35.5. The molecule has 5 nitrogen and oxygen atoms in total.